The van der Waals surface area contributed by atoms with Crippen molar-refractivity contribution in [3.05, 3.63) is 28.8 Å². The molecule has 0 aliphatic rings. The summed E-state index contributed by atoms with van der Waals surface area (Å²) in [5.41, 5.74) is 3.19. The molecule has 1 unspecified atom stereocenters. The molecule has 0 bridgehead atoms. The van der Waals surface area contributed by atoms with Crippen molar-refractivity contribution < 1.29 is 5.11 Å². The maximum absolute atomic E-state index is 10.9. The average molecular weight is 435 g/mol. The van der Waals surface area contributed by atoms with E-state index in [1.165, 1.54) is 76.2 Å². The van der Waals surface area contributed by atoms with Gasteiger partial charge in [0.05, 0.1) is 0 Å². The second-order valence-corrected chi connectivity index (χ2v) is 11.9. The normalized spacial score (nSPS) is 13.6. The largest absolute Gasteiger partial charge is 0.507 e. The average Bonchev–Trinajstić information content (AvgIpc) is 2.64. The Morgan fingerprint density at radius 2 is 1.07 bits per heavy atom. The quantitative estimate of drug-likeness (QED) is 0.234. The van der Waals surface area contributed by atoms with E-state index in [1.54, 1.807) is 0 Å². The van der Waals surface area contributed by atoms with Gasteiger partial charge in [-0.1, -0.05) is 131 Å². The zero-order valence-corrected chi connectivity index (χ0v) is 22.0. The SMILES string of the molecule is CCCCCCCCCCCCCC(S)c1cc(C(C)(C)C)c(O)c(C(C)(C)C)c1. The van der Waals surface area contributed by atoms with Gasteiger partial charge in [0.25, 0.3) is 0 Å². The molecule has 0 radical (unpaired) electrons. The number of rotatable bonds is 13. The van der Waals surface area contributed by atoms with Crippen molar-refractivity contribution >= 4 is 12.6 Å². The molecule has 0 aliphatic heterocycles. The Kier molecular flexibility index (Phi) is 11.9. The third kappa shape index (κ3) is 9.67. The summed E-state index contributed by atoms with van der Waals surface area (Å²) in [6.07, 6.45) is 16.2. The zero-order valence-electron chi connectivity index (χ0n) is 21.1. The Balaban J connectivity index is 2.51. The highest BCUT2D eigenvalue weighted by Gasteiger charge is 2.27. The van der Waals surface area contributed by atoms with Crippen LogP contribution in [0.3, 0.4) is 0 Å². The lowest BCUT2D eigenvalue weighted by molar-refractivity contribution is 0.422. The molecule has 0 saturated carbocycles. The van der Waals surface area contributed by atoms with E-state index in [0.29, 0.717) is 5.75 Å². The Morgan fingerprint density at radius 3 is 1.43 bits per heavy atom. The van der Waals surface area contributed by atoms with E-state index in [0.717, 1.165) is 17.5 Å². The van der Waals surface area contributed by atoms with Gasteiger partial charge in [-0.25, -0.2) is 0 Å². The van der Waals surface area contributed by atoms with Crippen LogP contribution in [0.1, 0.15) is 147 Å². The first kappa shape index (κ1) is 27.4. The van der Waals surface area contributed by atoms with Gasteiger partial charge in [0.1, 0.15) is 5.75 Å². The summed E-state index contributed by atoms with van der Waals surface area (Å²) < 4.78 is 0. The van der Waals surface area contributed by atoms with Crippen LogP contribution in [0.15, 0.2) is 12.1 Å². The van der Waals surface area contributed by atoms with Crippen molar-refractivity contribution in [2.45, 2.75) is 142 Å². The van der Waals surface area contributed by atoms with Gasteiger partial charge in [-0.3, -0.25) is 0 Å². The van der Waals surface area contributed by atoms with Crippen LogP contribution in [0.4, 0.5) is 0 Å². The molecule has 174 valence electrons. The molecule has 0 fully saturated rings. The molecular weight excluding hydrogens is 384 g/mol. The van der Waals surface area contributed by atoms with Crippen LogP contribution in [-0.4, -0.2) is 5.11 Å². The topological polar surface area (TPSA) is 20.2 Å². The fraction of sp³-hybridized carbons (Fsp3) is 0.786. The first-order valence-corrected chi connectivity index (χ1v) is 13.1. The van der Waals surface area contributed by atoms with Crippen LogP contribution in [0.25, 0.3) is 0 Å². The minimum Gasteiger partial charge on any atom is -0.507 e. The minimum absolute atomic E-state index is 0.0792. The molecular formula is C28H50OS. The first-order chi connectivity index (χ1) is 14.0. The monoisotopic (exact) mass is 434 g/mol. The van der Waals surface area contributed by atoms with E-state index < -0.39 is 0 Å². The molecule has 0 amide bonds. The Hall–Kier alpha value is -0.630. The molecule has 30 heavy (non-hydrogen) atoms. The Morgan fingerprint density at radius 1 is 0.700 bits per heavy atom. The molecule has 0 heterocycles. The zero-order chi connectivity index (χ0) is 22.8. The highest BCUT2D eigenvalue weighted by Crippen LogP contribution is 2.42. The van der Waals surface area contributed by atoms with Crippen LogP contribution >= 0.6 is 12.6 Å². The Labute approximate surface area is 193 Å². The van der Waals surface area contributed by atoms with Gasteiger partial charge in [-0.2, -0.15) is 12.6 Å². The molecule has 1 aromatic rings. The molecule has 2 heteroatoms. The van der Waals surface area contributed by atoms with E-state index in [4.69, 9.17) is 12.6 Å². The van der Waals surface area contributed by atoms with Gasteiger partial charge < -0.3 is 5.11 Å². The lowest BCUT2D eigenvalue weighted by Gasteiger charge is -2.29. The van der Waals surface area contributed by atoms with E-state index >= 15 is 0 Å². The molecule has 0 aliphatic carbocycles. The third-order valence-electron chi connectivity index (χ3n) is 6.21. The smallest absolute Gasteiger partial charge is 0.123 e. The standard InChI is InChI=1S/C28H50OS/c1-8-9-10-11-12-13-14-15-16-17-18-19-25(30)22-20-23(27(2,3)4)26(29)24(21-22)28(5,6)7/h20-21,25,29-30H,8-19H2,1-7H3. The van der Waals surface area contributed by atoms with Gasteiger partial charge in [-0.05, 0) is 33.9 Å². The van der Waals surface area contributed by atoms with Crippen molar-refractivity contribution in [2.24, 2.45) is 0 Å². The fourth-order valence-corrected chi connectivity index (χ4v) is 4.49. The van der Waals surface area contributed by atoms with Crippen molar-refractivity contribution in [1.29, 1.82) is 0 Å². The fourth-order valence-electron chi connectivity index (χ4n) is 4.16. The number of benzene rings is 1. The summed E-state index contributed by atoms with van der Waals surface area (Å²) in [4.78, 5) is 0. The van der Waals surface area contributed by atoms with Crippen LogP contribution in [-0.2, 0) is 10.8 Å². The molecule has 1 rings (SSSR count). The highest BCUT2D eigenvalue weighted by molar-refractivity contribution is 7.80. The summed E-state index contributed by atoms with van der Waals surface area (Å²) in [5, 5.41) is 11.2. The maximum Gasteiger partial charge on any atom is 0.123 e. The second-order valence-electron chi connectivity index (χ2n) is 11.3. The third-order valence-corrected chi connectivity index (χ3v) is 6.77. The van der Waals surface area contributed by atoms with E-state index in [9.17, 15) is 5.11 Å². The van der Waals surface area contributed by atoms with Crippen molar-refractivity contribution in [3.8, 4) is 5.75 Å². The van der Waals surface area contributed by atoms with Crippen molar-refractivity contribution in [3.63, 3.8) is 0 Å². The second kappa shape index (κ2) is 13.0. The van der Waals surface area contributed by atoms with E-state index in [1.807, 2.05) is 0 Å². The number of thiol groups is 1. The number of aromatic hydroxyl groups is 1. The van der Waals surface area contributed by atoms with Gasteiger partial charge in [-0.15, -0.1) is 0 Å². The molecule has 1 N–H and O–H groups in total. The van der Waals surface area contributed by atoms with Gasteiger partial charge in [0, 0.05) is 5.25 Å². The van der Waals surface area contributed by atoms with Crippen LogP contribution in [0.2, 0.25) is 0 Å². The molecule has 0 spiro atoms. The van der Waals surface area contributed by atoms with E-state index in [2.05, 4.69) is 60.6 Å². The van der Waals surface area contributed by atoms with Crippen LogP contribution in [0, 0.1) is 0 Å². The number of hydrogen-bond donors (Lipinski definition) is 2. The maximum atomic E-state index is 10.9. The van der Waals surface area contributed by atoms with Crippen LogP contribution < -0.4 is 0 Å². The summed E-state index contributed by atoms with van der Waals surface area (Å²) >= 11 is 4.96. The van der Waals surface area contributed by atoms with Crippen molar-refractivity contribution in [2.75, 3.05) is 0 Å². The molecule has 1 atom stereocenters. The van der Waals surface area contributed by atoms with Crippen molar-refractivity contribution in [1.82, 2.24) is 0 Å². The highest BCUT2D eigenvalue weighted by atomic mass is 32.1. The Bertz CT molecular complexity index is 571. The lowest BCUT2D eigenvalue weighted by Crippen LogP contribution is -2.18. The van der Waals surface area contributed by atoms with Gasteiger partial charge in [0.15, 0.2) is 0 Å². The summed E-state index contributed by atoms with van der Waals surface area (Å²) in [6.45, 7) is 15.3. The predicted molar refractivity (Wildman–Crippen MR) is 138 cm³/mol. The summed E-state index contributed by atoms with van der Waals surface area (Å²) in [6, 6.07) is 4.39. The first-order valence-electron chi connectivity index (χ1n) is 12.5. The van der Waals surface area contributed by atoms with Crippen LogP contribution in [0.5, 0.6) is 5.75 Å². The molecule has 1 aromatic carbocycles. The summed E-state index contributed by atoms with van der Waals surface area (Å²) in [7, 11) is 0. The number of unbranched alkanes of at least 4 members (excludes halogenated alkanes) is 10. The summed E-state index contributed by atoms with van der Waals surface area (Å²) in [5.74, 6) is 0.467. The van der Waals surface area contributed by atoms with E-state index in [-0.39, 0.29) is 16.1 Å². The number of phenols is 1. The molecule has 0 aromatic heterocycles. The predicted octanol–water partition coefficient (Wildman–Crippen LogP) is 9.66. The van der Waals surface area contributed by atoms with Gasteiger partial charge in [0.2, 0.25) is 0 Å². The lowest BCUT2D eigenvalue weighted by atomic mass is 9.78. The molecule has 1 nitrogen and oxygen atoms in total. The number of hydrogen-bond acceptors (Lipinski definition) is 2. The number of phenolic OH excluding ortho intramolecular Hbond substituents is 1. The molecule has 0 saturated heterocycles. The van der Waals surface area contributed by atoms with Gasteiger partial charge >= 0.3 is 0 Å². The minimum atomic E-state index is -0.0792.